The van der Waals surface area contributed by atoms with Gasteiger partial charge in [0.15, 0.2) is 0 Å². The van der Waals surface area contributed by atoms with Gasteiger partial charge in [0.05, 0.1) is 0 Å². The first kappa shape index (κ1) is 15.8. The first-order valence-corrected chi connectivity index (χ1v) is 7.84. The molecule has 0 aliphatic carbocycles. The smallest absolute Gasteiger partial charge is 0.325 e. The van der Waals surface area contributed by atoms with Gasteiger partial charge in [0.1, 0.15) is 6.04 Å². The zero-order chi connectivity index (χ0) is 16.6. The molecule has 1 aromatic carbocycles. The van der Waals surface area contributed by atoms with E-state index in [0.717, 1.165) is 10.9 Å². The Morgan fingerprint density at radius 2 is 1.96 bits per heavy atom. The monoisotopic (exact) mass is 335 g/mol. The number of rotatable bonds is 3. The highest BCUT2D eigenvalue weighted by atomic mass is 35.5. The molecular formula is C16H18ClN3O3. The van der Waals surface area contributed by atoms with Gasteiger partial charge in [0.25, 0.3) is 0 Å². The van der Waals surface area contributed by atoms with Gasteiger partial charge in [-0.3, -0.25) is 14.5 Å². The summed E-state index contributed by atoms with van der Waals surface area (Å²) >= 11 is 6.05. The Balaban J connectivity index is 1.91. The van der Waals surface area contributed by atoms with Crippen LogP contribution in [0.4, 0.5) is 0 Å². The Morgan fingerprint density at radius 3 is 2.57 bits per heavy atom. The SMILES string of the molecule is CC(=O)N1CCN(C(C(=O)O)c2c[nH]c3ccc(Cl)cc23)CC1. The molecule has 0 saturated carbocycles. The van der Waals surface area contributed by atoms with E-state index in [9.17, 15) is 14.7 Å². The van der Waals surface area contributed by atoms with Gasteiger partial charge in [-0.25, -0.2) is 0 Å². The number of piperazine rings is 1. The lowest BCUT2D eigenvalue weighted by Gasteiger charge is -2.37. The maximum absolute atomic E-state index is 11.9. The third kappa shape index (κ3) is 3.04. The molecule has 3 rings (SSSR count). The van der Waals surface area contributed by atoms with E-state index in [0.29, 0.717) is 36.8 Å². The van der Waals surface area contributed by atoms with Gasteiger partial charge in [-0.1, -0.05) is 11.6 Å². The summed E-state index contributed by atoms with van der Waals surface area (Å²) in [5.41, 5.74) is 1.56. The summed E-state index contributed by atoms with van der Waals surface area (Å²) < 4.78 is 0. The topological polar surface area (TPSA) is 76.6 Å². The van der Waals surface area contributed by atoms with Crippen molar-refractivity contribution in [1.29, 1.82) is 0 Å². The number of hydrogen-bond acceptors (Lipinski definition) is 3. The second-order valence-corrected chi connectivity index (χ2v) is 6.15. The third-order valence-corrected chi connectivity index (χ3v) is 4.56. The van der Waals surface area contributed by atoms with E-state index in [1.165, 1.54) is 6.92 Å². The van der Waals surface area contributed by atoms with Crippen molar-refractivity contribution in [2.24, 2.45) is 0 Å². The number of carboxylic acid groups (broad SMARTS) is 1. The Labute approximate surface area is 138 Å². The Kier molecular flexibility index (Phi) is 4.28. The van der Waals surface area contributed by atoms with Gasteiger partial charge in [0, 0.05) is 60.8 Å². The lowest BCUT2D eigenvalue weighted by atomic mass is 10.0. The molecule has 0 radical (unpaired) electrons. The summed E-state index contributed by atoms with van der Waals surface area (Å²) in [6, 6.07) is 4.64. The number of amides is 1. The van der Waals surface area contributed by atoms with Crippen molar-refractivity contribution in [3.8, 4) is 0 Å². The van der Waals surface area contributed by atoms with E-state index in [1.807, 2.05) is 11.0 Å². The average molecular weight is 336 g/mol. The predicted octanol–water partition coefficient (Wildman–Crippen LogP) is 2.11. The van der Waals surface area contributed by atoms with Crippen LogP contribution in [-0.4, -0.2) is 57.9 Å². The average Bonchev–Trinajstić information content (AvgIpc) is 2.91. The molecule has 0 bridgehead atoms. The Hall–Kier alpha value is -2.05. The number of aliphatic carboxylic acids is 1. The van der Waals surface area contributed by atoms with Crippen LogP contribution in [0.5, 0.6) is 0 Å². The number of carboxylic acids is 1. The van der Waals surface area contributed by atoms with Gasteiger partial charge >= 0.3 is 5.97 Å². The van der Waals surface area contributed by atoms with E-state index in [4.69, 9.17) is 11.6 Å². The minimum Gasteiger partial charge on any atom is -0.480 e. The number of aromatic amines is 1. The number of carbonyl (C=O) groups is 2. The van der Waals surface area contributed by atoms with Crippen molar-refractivity contribution in [2.75, 3.05) is 26.2 Å². The number of carbonyl (C=O) groups excluding carboxylic acids is 1. The second-order valence-electron chi connectivity index (χ2n) is 5.72. The van der Waals surface area contributed by atoms with Crippen molar-refractivity contribution in [1.82, 2.24) is 14.8 Å². The molecule has 1 aliphatic heterocycles. The zero-order valence-corrected chi connectivity index (χ0v) is 13.5. The summed E-state index contributed by atoms with van der Waals surface area (Å²) in [5.74, 6) is -0.877. The van der Waals surface area contributed by atoms with Gasteiger partial charge in [-0.05, 0) is 18.2 Å². The number of aromatic nitrogens is 1. The quantitative estimate of drug-likeness (QED) is 0.900. The molecule has 0 spiro atoms. The van der Waals surface area contributed by atoms with Crippen molar-refractivity contribution in [3.05, 3.63) is 35.0 Å². The van der Waals surface area contributed by atoms with Crippen LogP contribution in [0.1, 0.15) is 18.5 Å². The highest BCUT2D eigenvalue weighted by molar-refractivity contribution is 6.31. The summed E-state index contributed by atoms with van der Waals surface area (Å²) in [5, 5.41) is 11.1. The Bertz CT molecular complexity index is 750. The van der Waals surface area contributed by atoms with E-state index in [1.54, 1.807) is 23.2 Å². The van der Waals surface area contributed by atoms with Crippen LogP contribution in [0.15, 0.2) is 24.4 Å². The Morgan fingerprint density at radius 1 is 1.26 bits per heavy atom. The van der Waals surface area contributed by atoms with Gasteiger partial charge < -0.3 is 15.0 Å². The van der Waals surface area contributed by atoms with E-state index in [2.05, 4.69) is 4.98 Å². The van der Waals surface area contributed by atoms with Crippen LogP contribution in [0.3, 0.4) is 0 Å². The molecule has 6 nitrogen and oxygen atoms in total. The molecule has 1 atom stereocenters. The molecule has 1 aliphatic rings. The molecule has 23 heavy (non-hydrogen) atoms. The normalized spacial score (nSPS) is 17.4. The minimum atomic E-state index is -0.901. The number of halogens is 1. The predicted molar refractivity (Wildman–Crippen MR) is 87.5 cm³/mol. The fraction of sp³-hybridized carbons (Fsp3) is 0.375. The fourth-order valence-electron chi connectivity index (χ4n) is 3.12. The van der Waals surface area contributed by atoms with Crippen LogP contribution in [0.25, 0.3) is 10.9 Å². The highest BCUT2D eigenvalue weighted by Gasteiger charge is 2.32. The van der Waals surface area contributed by atoms with Crippen molar-refractivity contribution in [3.63, 3.8) is 0 Å². The fourth-order valence-corrected chi connectivity index (χ4v) is 3.29. The molecule has 1 amide bonds. The van der Waals surface area contributed by atoms with Gasteiger partial charge in [0.2, 0.25) is 5.91 Å². The molecule has 2 aromatic rings. The first-order valence-electron chi connectivity index (χ1n) is 7.46. The van der Waals surface area contributed by atoms with Crippen LogP contribution in [0.2, 0.25) is 5.02 Å². The van der Waals surface area contributed by atoms with Crippen molar-refractivity contribution in [2.45, 2.75) is 13.0 Å². The standard InChI is InChI=1S/C16H18ClN3O3/c1-10(21)19-4-6-20(7-5-19)15(16(22)23)13-9-18-14-3-2-11(17)8-12(13)14/h2-3,8-9,15,18H,4-7H2,1H3,(H,22,23). The summed E-state index contributed by atoms with van der Waals surface area (Å²) in [6.45, 7) is 3.68. The molecule has 1 fully saturated rings. The van der Waals surface area contributed by atoms with Crippen molar-refractivity contribution >= 4 is 34.4 Å². The van der Waals surface area contributed by atoms with Crippen LogP contribution in [-0.2, 0) is 9.59 Å². The molecule has 2 heterocycles. The minimum absolute atomic E-state index is 0.0235. The van der Waals surface area contributed by atoms with Crippen LogP contribution < -0.4 is 0 Å². The largest absolute Gasteiger partial charge is 0.480 e. The van der Waals surface area contributed by atoms with Crippen LogP contribution >= 0.6 is 11.6 Å². The molecule has 1 aromatic heterocycles. The molecular weight excluding hydrogens is 318 g/mol. The number of nitrogens with zero attached hydrogens (tertiary/aromatic N) is 2. The number of benzene rings is 1. The highest BCUT2D eigenvalue weighted by Crippen LogP contribution is 2.31. The molecule has 1 unspecified atom stereocenters. The number of H-pyrrole nitrogens is 1. The summed E-state index contributed by atoms with van der Waals surface area (Å²) in [6.07, 6.45) is 1.73. The van der Waals surface area contributed by atoms with Crippen LogP contribution in [0, 0.1) is 0 Å². The molecule has 122 valence electrons. The lowest BCUT2D eigenvalue weighted by molar-refractivity contribution is -0.144. The molecule has 2 N–H and O–H groups in total. The lowest BCUT2D eigenvalue weighted by Crippen LogP contribution is -2.50. The zero-order valence-electron chi connectivity index (χ0n) is 12.8. The van der Waals surface area contributed by atoms with E-state index >= 15 is 0 Å². The summed E-state index contributed by atoms with van der Waals surface area (Å²) in [7, 11) is 0. The van der Waals surface area contributed by atoms with Crippen molar-refractivity contribution < 1.29 is 14.7 Å². The van der Waals surface area contributed by atoms with E-state index < -0.39 is 12.0 Å². The number of hydrogen-bond donors (Lipinski definition) is 2. The second kappa shape index (κ2) is 6.22. The molecule has 7 heteroatoms. The van der Waals surface area contributed by atoms with E-state index in [-0.39, 0.29) is 5.91 Å². The number of nitrogens with one attached hydrogen (secondary N) is 1. The van der Waals surface area contributed by atoms with Gasteiger partial charge in [-0.2, -0.15) is 0 Å². The third-order valence-electron chi connectivity index (χ3n) is 4.33. The first-order chi connectivity index (χ1) is 11.0. The maximum Gasteiger partial charge on any atom is 0.325 e. The summed E-state index contributed by atoms with van der Waals surface area (Å²) in [4.78, 5) is 30.0. The number of fused-ring (bicyclic) bond motifs is 1. The molecule has 1 saturated heterocycles. The maximum atomic E-state index is 11.9. The van der Waals surface area contributed by atoms with Gasteiger partial charge in [-0.15, -0.1) is 0 Å².